The monoisotopic (exact) mass is 182 g/mol. The fraction of sp³-hybridized carbons (Fsp3) is 0.667. The first kappa shape index (κ1) is 12.4. The number of allylic oxidation sites excluding steroid dienone is 3. The summed E-state index contributed by atoms with van der Waals surface area (Å²) in [7, 11) is 0. The summed E-state index contributed by atoms with van der Waals surface area (Å²) in [6.07, 6.45) is 8.62. The maximum atomic E-state index is 8.61. The summed E-state index contributed by atoms with van der Waals surface area (Å²) in [6.45, 7) is 6.75. The molecule has 0 aromatic carbocycles. The number of aliphatic hydroxyl groups is 1. The molecule has 1 nitrogen and oxygen atoms in total. The highest BCUT2D eigenvalue weighted by Crippen LogP contribution is 2.08. The molecule has 0 aliphatic rings. The van der Waals surface area contributed by atoms with Gasteiger partial charge in [0.25, 0.3) is 0 Å². The third kappa shape index (κ3) is 7.79. The van der Waals surface area contributed by atoms with Crippen LogP contribution < -0.4 is 0 Å². The minimum absolute atomic E-state index is 0.265. The van der Waals surface area contributed by atoms with Crippen LogP contribution >= 0.6 is 0 Å². The second kappa shape index (κ2) is 8.06. The maximum Gasteiger partial charge on any atom is 0.0465 e. The molecule has 0 aromatic heterocycles. The Morgan fingerprint density at radius 3 is 2.23 bits per heavy atom. The van der Waals surface area contributed by atoms with Gasteiger partial charge in [-0.3, -0.25) is 0 Å². The van der Waals surface area contributed by atoms with Gasteiger partial charge in [-0.15, -0.1) is 0 Å². The number of aliphatic hydroxyl groups excluding tert-OH is 1. The van der Waals surface area contributed by atoms with E-state index in [9.17, 15) is 0 Å². The van der Waals surface area contributed by atoms with E-state index in [1.807, 2.05) is 0 Å². The van der Waals surface area contributed by atoms with Crippen LogP contribution in [0.25, 0.3) is 0 Å². The summed E-state index contributed by atoms with van der Waals surface area (Å²) in [5, 5.41) is 8.61. The first-order valence-corrected chi connectivity index (χ1v) is 5.12. The molecular formula is C12H22O. The van der Waals surface area contributed by atoms with Crippen LogP contribution in [0.2, 0.25) is 0 Å². The minimum atomic E-state index is 0.265. The Balaban J connectivity index is 3.63. The largest absolute Gasteiger partial charge is 0.396 e. The molecule has 0 aliphatic carbocycles. The molecule has 0 saturated carbocycles. The van der Waals surface area contributed by atoms with E-state index in [1.54, 1.807) is 0 Å². The van der Waals surface area contributed by atoms with E-state index in [4.69, 9.17) is 5.11 Å². The zero-order chi connectivity index (χ0) is 10.1. The second-order valence-corrected chi connectivity index (χ2v) is 3.51. The lowest BCUT2D eigenvalue weighted by Gasteiger charge is -1.99. The van der Waals surface area contributed by atoms with Crippen molar-refractivity contribution < 1.29 is 5.11 Å². The first-order valence-electron chi connectivity index (χ1n) is 5.12. The molecule has 0 aromatic rings. The Kier molecular flexibility index (Phi) is 7.71. The predicted octanol–water partition coefficient (Wildman–Crippen LogP) is 3.45. The smallest absolute Gasteiger partial charge is 0.0465 e. The zero-order valence-corrected chi connectivity index (χ0v) is 9.14. The lowest BCUT2D eigenvalue weighted by atomic mass is 10.1. The van der Waals surface area contributed by atoms with Crippen molar-refractivity contribution in [2.75, 3.05) is 6.61 Å². The maximum absolute atomic E-state index is 8.61. The summed E-state index contributed by atoms with van der Waals surface area (Å²) in [4.78, 5) is 0. The predicted molar refractivity (Wildman–Crippen MR) is 58.7 cm³/mol. The van der Waals surface area contributed by atoms with Crippen molar-refractivity contribution in [3.8, 4) is 0 Å². The molecule has 76 valence electrons. The van der Waals surface area contributed by atoms with Crippen molar-refractivity contribution >= 4 is 0 Å². The van der Waals surface area contributed by atoms with Gasteiger partial charge in [-0.05, 0) is 39.5 Å². The molecule has 0 unspecified atom stereocenters. The van der Waals surface area contributed by atoms with Gasteiger partial charge >= 0.3 is 0 Å². The molecule has 0 fully saturated rings. The average molecular weight is 182 g/mol. The van der Waals surface area contributed by atoms with Crippen molar-refractivity contribution in [1.29, 1.82) is 0 Å². The topological polar surface area (TPSA) is 20.2 Å². The van der Waals surface area contributed by atoms with E-state index in [1.165, 1.54) is 11.1 Å². The van der Waals surface area contributed by atoms with Gasteiger partial charge in [0.1, 0.15) is 0 Å². The summed E-state index contributed by atoms with van der Waals surface area (Å²) in [5.41, 5.74) is 2.85. The molecule has 0 atom stereocenters. The van der Waals surface area contributed by atoms with Gasteiger partial charge in [0.05, 0.1) is 0 Å². The molecule has 13 heavy (non-hydrogen) atoms. The highest BCUT2D eigenvalue weighted by molar-refractivity contribution is 5.03. The fourth-order valence-electron chi connectivity index (χ4n) is 1.10. The number of rotatable bonds is 6. The molecular weight excluding hydrogens is 160 g/mol. The summed E-state index contributed by atoms with van der Waals surface area (Å²) in [6, 6.07) is 0. The van der Waals surface area contributed by atoms with E-state index in [0.29, 0.717) is 0 Å². The van der Waals surface area contributed by atoms with Gasteiger partial charge < -0.3 is 5.11 Å². The van der Waals surface area contributed by atoms with Gasteiger partial charge in [-0.25, -0.2) is 0 Å². The zero-order valence-electron chi connectivity index (χ0n) is 9.14. The van der Waals surface area contributed by atoms with E-state index in [2.05, 4.69) is 32.9 Å². The van der Waals surface area contributed by atoms with Crippen LogP contribution in [-0.4, -0.2) is 11.7 Å². The average Bonchev–Trinajstić information content (AvgIpc) is 2.14. The van der Waals surface area contributed by atoms with E-state index in [-0.39, 0.29) is 6.61 Å². The SMILES string of the molecule is CCC(C)=CCCC(C)=CCCO. The van der Waals surface area contributed by atoms with Gasteiger partial charge in [-0.1, -0.05) is 30.2 Å². The molecule has 1 heteroatoms. The fourth-order valence-corrected chi connectivity index (χ4v) is 1.10. The molecule has 0 rings (SSSR count). The van der Waals surface area contributed by atoms with Crippen LogP contribution in [0.15, 0.2) is 23.3 Å². The van der Waals surface area contributed by atoms with Gasteiger partial charge in [0.15, 0.2) is 0 Å². The molecule has 0 heterocycles. The molecule has 1 N–H and O–H groups in total. The Morgan fingerprint density at radius 1 is 1.08 bits per heavy atom. The van der Waals surface area contributed by atoms with Gasteiger partial charge in [0.2, 0.25) is 0 Å². The van der Waals surface area contributed by atoms with Crippen LogP contribution in [0.3, 0.4) is 0 Å². The molecule has 0 aliphatic heterocycles. The molecule has 0 saturated heterocycles. The van der Waals surface area contributed by atoms with Crippen LogP contribution in [0, 0.1) is 0 Å². The van der Waals surface area contributed by atoms with Gasteiger partial charge in [0, 0.05) is 6.61 Å². The Bertz CT molecular complexity index is 178. The third-order valence-electron chi connectivity index (χ3n) is 2.21. The van der Waals surface area contributed by atoms with Crippen LogP contribution in [0.4, 0.5) is 0 Å². The Morgan fingerprint density at radius 2 is 1.69 bits per heavy atom. The minimum Gasteiger partial charge on any atom is -0.396 e. The molecule has 0 amide bonds. The third-order valence-corrected chi connectivity index (χ3v) is 2.21. The van der Waals surface area contributed by atoms with Crippen molar-refractivity contribution in [3.05, 3.63) is 23.3 Å². The van der Waals surface area contributed by atoms with Crippen molar-refractivity contribution in [1.82, 2.24) is 0 Å². The second-order valence-electron chi connectivity index (χ2n) is 3.51. The van der Waals surface area contributed by atoms with Crippen LogP contribution in [0.5, 0.6) is 0 Å². The van der Waals surface area contributed by atoms with Crippen molar-refractivity contribution in [3.63, 3.8) is 0 Å². The quantitative estimate of drug-likeness (QED) is 0.624. The Labute approximate surface area is 82.2 Å². The lowest BCUT2D eigenvalue weighted by molar-refractivity contribution is 0.302. The van der Waals surface area contributed by atoms with Crippen molar-refractivity contribution in [2.45, 2.75) is 46.5 Å². The van der Waals surface area contributed by atoms with Crippen molar-refractivity contribution in [2.24, 2.45) is 0 Å². The number of hydrogen-bond donors (Lipinski definition) is 1. The first-order chi connectivity index (χ1) is 6.20. The van der Waals surface area contributed by atoms with E-state index < -0.39 is 0 Å². The summed E-state index contributed by atoms with van der Waals surface area (Å²) >= 11 is 0. The summed E-state index contributed by atoms with van der Waals surface area (Å²) < 4.78 is 0. The lowest BCUT2D eigenvalue weighted by Crippen LogP contribution is -1.81. The standard InChI is InChI=1S/C12H22O/c1-4-11(2)7-5-8-12(3)9-6-10-13/h7,9,13H,4-6,8,10H2,1-3H3. The normalized spacial score (nSPS) is 13.5. The number of hydrogen-bond acceptors (Lipinski definition) is 1. The molecule has 0 spiro atoms. The van der Waals surface area contributed by atoms with E-state index in [0.717, 1.165) is 25.7 Å². The van der Waals surface area contributed by atoms with Crippen LogP contribution in [-0.2, 0) is 0 Å². The van der Waals surface area contributed by atoms with Gasteiger partial charge in [-0.2, -0.15) is 0 Å². The van der Waals surface area contributed by atoms with E-state index >= 15 is 0 Å². The highest BCUT2D eigenvalue weighted by atomic mass is 16.2. The highest BCUT2D eigenvalue weighted by Gasteiger charge is 1.89. The Hall–Kier alpha value is -0.560. The molecule has 0 radical (unpaired) electrons. The summed E-state index contributed by atoms with van der Waals surface area (Å²) in [5.74, 6) is 0. The molecule has 0 bridgehead atoms. The van der Waals surface area contributed by atoms with Crippen LogP contribution in [0.1, 0.15) is 46.5 Å².